The first-order chi connectivity index (χ1) is 8.93. The van der Waals surface area contributed by atoms with Gasteiger partial charge in [0.2, 0.25) is 10.6 Å². The minimum atomic E-state index is 0.215. The molecule has 0 unspecified atom stereocenters. The molecule has 0 N–H and O–H groups in total. The van der Waals surface area contributed by atoms with Crippen LogP contribution in [0.5, 0.6) is 0 Å². The molecular weight excluding hydrogens is 283 g/mol. The number of halogens is 2. The van der Waals surface area contributed by atoms with Crippen molar-refractivity contribution in [2.75, 3.05) is 0 Å². The molecule has 0 amide bonds. The molecule has 2 rings (SSSR count). The molecule has 0 aromatic carbocycles. The topological polar surface area (TPSA) is 51.6 Å². The SMILES string of the molecule is CCc1c(C)nc(Cl)nc1-c1nc(Cl)nc(C)c1C. The molecule has 4 nitrogen and oxygen atoms in total. The van der Waals surface area contributed by atoms with E-state index in [2.05, 4.69) is 19.9 Å². The lowest BCUT2D eigenvalue weighted by Gasteiger charge is -2.12. The summed E-state index contributed by atoms with van der Waals surface area (Å²) in [5, 5.41) is 0.434. The molecule has 0 aliphatic rings. The number of aryl methyl sites for hydroxylation is 2. The normalized spacial score (nSPS) is 10.8. The van der Waals surface area contributed by atoms with Gasteiger partial charge in [0.1, 0.15) is 0 Å². The van der Waals surface area contributed by atoms with E-state index in [1.807, 2.05) is 27.7 Å². The summed E-state index contributed by atoms with van der Waals surface area (Å²) >= 11 is 11.9. The van der Waals surface area contributed by atoms with Crippen LogP contribution in [-0.2, 0) is 6.42 Å². The summed E-state index contributed by atoms with van der Waals surface area (Å²) in [7, 11) is 0. The third-order valence-corrected chi connectivity index (χ3v) is 3.46. The molecule has 0 bridgehead atoms. The molecule has 2 heterocycles. The van der Waals surface area contributed by atoms with E-state index < -0.39 is 0 Å². The Morgan fingerprint density at radius 3 is 1.89 bits per heavy atom. The Labute approximate surface area is 122 Å². The average molecular weight is 297 g/mol. The minimum Gasteiger partial charge on any atom is -0.223 e. The Morgan fingerprint density at radius 1 is 0.789 bits per heavy atom. The van der Waals surface area contributed by atoms with E-state index in [4.69, 9.17) is 23.2 Å². The van der Waals surface area contributed by atoms with Crippen LogP contribution in [0.4, 0.5) is 0 Å². The summed E-state index contributed by atoms with van der Waals surface area (Å²) < 4.78 is 0. The lowest BCUT2D eigenvalue weighted by molar-refractivity contribution is 0.981. The second-order valence-corrected chi connectivity index (χ2v) is 4.99. The zero-order valence-corrected chi connectivity index (χ0v) is 12.8. The van der Waals surface area contributed by atoms with Crippen LogP contribution >= 0.6 is 23.2 Å². The van der Waals surface area contributed by atoms with Crippen molar-refractivity contribution in [3.05, 3.63) is 33.1 Å². The highest BCUT2D eigenvalue weighted by Crippen LogP contribution is 2.28. The van der Waals surface area contributed by atoms with Crippen LogP contribution < -0.4 is 0 Å². The second-order valence-electron chi connectivity index (χ2n) is 4.31. The van der Waals surface area contributed by atoms with E-state index in [0.717, 1.165) is 40.3 Å². The zero-order valence-electron chi connectivity index (χ0n) is 11.3. The van der Waals surface area contributed by atoms with E-state index in [0.29, 0.717) is 0 Å². The second kappa shape index (κ2) is 5.39. The van der Waals surface area contributed by atoms with Gasteiger partial charge < -0.3 is 0 Å². The predicted molar refractivity (Wildman–Crippen MR) is 76.7 cm³/mol. The number of hydrogen-bond donors (Lipinski definition) is 0. The third-order valence-electron chi connectivity index (χ3n) is 3.13. The minimum absolute atomic E-state index is 0.215. The molecule has 2 aromatic rings. The maximum Gasteiger partial charge on any atom is 0.223 e. The zero-order chi connectivity index (χ0) is 14.2. The summed E-state index contributed by atoms with van der Waals surface area (Å²) in [5.41, 5.74) is 5.15. The Balaban J connectivity index is 2.78. The van der Waals surface area contributed by atoms with Crippen molar-refractivity contribution in [3.8, 4) is 11.4 Å². The molecule has 0 spiro atoms. The number of hydrogen-bond acceptors (Lipinski definition) is 4. The van der Waals surface area contributed by atoms with Crippen LogP contribution in [0.2, 0.25) is 10.6 Å². The van der Waals surface area contributed by atoms with Crippen LogP contribution in [0, 0.1) is 20.8 Å². The van der Waals surface area contributed by atoms with E-state index in [1.54, 1.807) is 0 Å². The number of rotatable bonds is 2. The van der Waals surface area contributed by atoms with Crippen LogP contribution in [0.25, 0.3) is 11.4 Å². The molecule has 0 fully saturated rings. The average Bonchev–Trinajstić information content (AvgIpc) is 2.33. The Hall–Kier alpha value is -1.26. The van der Waals surface area contributed by atoms with Crippen molar-refractivity contribution in [2.24, 2.45) is 0 Å². The Kier molecular flexibility index (Phi) is 4.02. The van der Waals surface area contributed by atoms with Crippen LogP contribution in [0.15, 0.2) is 0 Å². The van der Waals surface area contributed by atoms with Crippen LogP contribution in [0.1, 0.15) is 29.4 Å². The third kappa shape index (κ3) is 2.69. The van der Waals surface area contributed by atoms with Gasteiger partial charge in [-0.1, -0.05) is 6.92 Å². The first-order valence-corrected chi connectivity index (χ1v) is 6.73. The molecule has 0 atom stereocenters. The highest BCUT2D eigenvalue weighted by molar-refractivity contribution is 6.28. The van der Waals surface area contributed by atoms with Crippen molar-refractivity contribution >= 4 is 23.2 Å². The van der Waals surface area contributed by atoms with Gasteiger partial charge in [0, 0.05) is 17.0 Å². The molecular formula is C13H14Cl2N4. The maximum absolute atomic E-state index is 5.96. The lowest BCUT2D eigenvalue weighted by atomic mass is 10.0. The summed E-state index contributed by atoms with van der Waals surface area (Å²) in [6.07, 6.45) is 0.804. The predicted octanol–water partition coefficient (Wildman–Crippen LogP) is 3.73. The molecule has 0 saturated carbocycles. The first-order valence-electron chi connectivity index (χ1n) is 5.98. The van der Waals surface area contributed by atoms with E-state index in [9.17, 15) is 0 Å². The smallest absolute Gasteiger partial charge is 0.223 e. The van der Waals surface area contributed by atoms with Gasteiger partial charge in [-0.25, -0.2) is 19.9 Å². The van der Waals surface area contributed by atoms with Crippen molar-refractivity contribution in [2.45, 2.75) is 34.1 Å². The quantitative estimate of drug-likeness (QED) is 0.793. The van der Waals surface area contributed by atoms with Gasteiger partial charge in [-0.3, -0.25) is 0 Å². The summed E-state index contributed by atoms with van der Waals surface area (Å²) in [5.74, 6) is 0. The summed E-state index contributed by atoms with van der Waals surface area (Å²) in [6, 6.07) is 0. The fourth-order valence-electron chi connectivity index (χ4n) is 2.01. The highest BCUT2D eigenvalue weighted by atomic mass is 35.5. The Bertz CT molecular complexity index is 641. The maximum atomic E-state index is 5.96. The number of nitrogens with zero attached hydrogens (tertiary/aromatic N) is 4. The molecule has 100 valence electrons. The van der Waals surface area contributed by atoms with Gasteiger partial charge in [0.15, 0.2) is 0 Å². The van der Waals surface area contributed by atoms with Crippen LogP contribution in [-0.4, -0.2) is 19.9 Å². The largest absolute Gasteiger partial charge is 0.223 e. The lowest BCUT2D eigenvalue weighted by Crippen LogP contribution is -2.04. The van der Waals surface area contributed by atoms with Crippen molar-refractivity contribution < 1.29 is 0 Å². The fraction of sp³-hybridized carbons (Fsp3) is 0.385. The molecule has 19 heavy (non-hydrogen) atoms. The number of aromatic nitrogens is 4. The molecule has 0 saturated heterocycles. The molecule has 0 radical (unpaired) electrons. The van der Waals surface area contributed by atoms with E-state index in [1.165, 1.54) is 0 Å². The molecule has 0 aliphatic heterocycles. The van der Waals surface area contributed by atoms with Crippen molar-refractivity contribution in [1.82, 2.24) is 19.9 Å². The molecule has 0 aliphatic carbocycles. The van der Waals surface area contributed by atoms with Crippen LogP contribution in [0.3, 0.4) is 0 Å². The van der Waals surface area contributed by atoms with Gasteiger partial charge in [-0.05, 0) is 56.0 Å². The summed E-state index contributed by atoms with van der Waals surface area (Å²) in [4.78, 5) is 16.9. The van der Waals surface area contributed by atoms with Gasteiger partial charge in [-0.15, -0.1) is 0 Å². The first kappa shape index (κ1) is 14.2. The molecule has 6 heteroatoms. The monoisotopic (exact) mass is 296 g/mol. The van der Waals surface area contributed by atoms with Crippen molar-refractivity contribution in [3.63, 3.8) is 0 Å². The fourth-order valence-corrected chi connectivity index (χ4v) is 2.43. The van der Waals surface area contributed by atoms with Crippen molar-refractivity contribution in [1.29, 1.82) is 0 Å². The molecule has 2 aromatic heterocycles. The summed E-state index contributed by atoms with van der Waals surface area (Å²) in [6.45, 7) is 7.81. The van der Waals surface area contributed by atoms with E-state index in [-0.39, 0.29) is 10.6 Å². The van der Waals surface area contributed by atoms with Gasteiger partial charge in [-0.2, -0.15) is 0 Å². The van der Waals surface area contributed by atoms with E-state index >= 15 is 0 Å². The Morgan fingerprint density at radius 2 is 1.32 bits per heavy atom. The highest BCUT2D eigenvalue weighted by Gasteiger charge is 2.17. The van der Waals surface area contributed by atoms with Gasteiger partial charge in [0.25, 0.3) is 0 Å². The van der Waals surface area contributed by atoms with Gasteiger partial charge >= 0.3 is 0 Å². The van der Waals surface area contributed by atoms with Gasteiger partial charge in [0.05, 0.1) is 11.4 Å². The standard InChI is InChI=1S/C13H14Cl2N4/c1-5-9-8(4)17-13(15)19-11(9)10-6(2)7(3)16-12(14)18-10/h5H2,1-4H3.